The fourth-order valence-electron chi connectivity index (χ4n) is 4.57. The Labute approximate surface area is 155 Å². The summed E-state index contributed by atoms with van der Waals surface area (Å²) < 4.78 is 0. The van der Waals surface area contributed by atoms with E-state index in [0.717, 1.165) is 21.9 Å². The Hall–Kier alpha value is -1.78. The maximum atomic E-state index is 10.8. The second-order valence-corrected chi connectivity index (χ2v) is 7.96. The molecule has 0 aliphatic heterocycles. The number of nitrogens with one attached hydrogen (secondary N) is 2. The molecule has 4 heteroatoms. The van der Waals surface area contributed by atoms with Crippen LogP contribution in [0.5, 0.6) is 11.5 Å². The Morgan fingerprint density at radius 3 is 1.96 bits per heavy atom. The van der Waals surface area contributed by atoms with Crippen molar-refractivity contribution in [3.05, 3.63) is 35.4 Å². The third-order valence-corrected chi connectivity index (χ3v) is 6.20. The topological polar surface area (TPSA) is 64.5 Å². The van der Waals surface area contributed by atoms with E-state index >= 15 is 0 Å². The van der Waals surface area contributed by atoms with Crippen molar-refractivity contribution in [2.45, 2.75) is 76.5 Å². The van der Waals surface area contributed by atoms with Crippen molar-refractivity contribution in [3.8, 4) is 11.5 Å². The first-order chi connectivity index (χ1) is 12.7. The molecular formula is C22H30N2O2. The standard InChI is InChI=1S/C22H30N2O2/c25-21-12-11-19-18(20(21)14-24-17-7-3-4-8-17)10-9-15(22(19)26)13-23-16-5-1-2-6-16/h9-12,16-17,23-26H,1-8,13-14H2. The molecule has 2 aromatic carbocycles. The fourth-order valence-corrected chi connectivity index (χ4v) is 4.57. The Balaban J connectivity index is 1.55. The second kappa shape index (κ2) is 7.85. The van der Waals surface area contributed by atoms with Crippen LogP contribution in [0.25, 0.3) is 10.8 Å². The highest BCUT2D eigenvalue weighted by Crippen LogP contribution is 2.35. The lowest BCUT2D eigenvalue weighted by Crippen LogP contribution is -2.25. The van der Waals surface area contributed by atoms with Crippen LogP contribution in [0.2, 0.25) is 0 Å². The van der Waals surface area contributed by atoms with E-state index in [2.05, 4.69) is 10.6 Å². The Kier molecular flexibility index (Phi) is 5.32. The predicted molar refractivity (Wildman–Crippen MR) is 105 cm³/mol. The SMILES string of the molecule is Oc1ccc2c(O)c(CNC3CCCC3)ccc2c1CNC1CCCC1. The highest BCUT2D eigenvalue weighted by molar-refractivity contribution is 5.93. The first-order valence-electron chi connectivity index (χ1n) is 10.1. The quantitative estimate of drug-likeness (QED) is 0.624. The Bertz CT molecular complexity index is 762. The molecule has 26 heavy (non-hydrogen) atoms. The summed E-state index contributed by atoms with van der Waals surface area (Å²) in [7, 11) is 0. The van der Waals surface area contributed by atoms with E-state index in [9.17, 15) is 10.2 Å². The number of hydrogen-bond acceptors (Lipinski definition) is 4. The number of fused-ring (bicyclic) bond motifs is 1. The first kappa shape index (κ1) is 17.6. The zero-order chi connectivity index (χ0) is 17.9. The molecule has 2 aliphatic rings. The third kappa shape index (κ3) is 3.67. The van der Waals surface area contributed by atoms with Crippen molar-refractivity contribution in [1.82, 2.24) is 10.6 Å². The van der Waals surface area contributed by atoms with Crippen LogP contribution in [0.15, 0.2) is 24.3 Å². The molecule has 2 saturated carbocycles. The van der Waals surface area contributed by atoms with Crippen LogP contribution >= 0.6 is 0 Å². The average Bonchev–Trinajstić information content (AvgIpc) is 3.34. The molecule has 0 radical (unpaired) electrons. The summed E-state index contributed by atoms with van der Waals surface area (Å²) in [6.07, 6.45) is 10.1. The summed E-state index contributed by atoms with van der Waals surface area (Å²) in [6.45, 7) is 1.34. The van der Waals surface area contributed by atoms with Crippen LogP contribution in [0, 0.1) is 0 Å². The molecule has 4 N–H and O–H groups in total. The third-order valence-electron chi connectivity index (χ3n) is 6.20. The predicted octanol–water partition coefficient (Wildman–Crippen LogP) is 4.32. The molecule has 4 rings (SSSR count). The van der Waals surface area contributed by atoms with Crippen LogP contribution in [0.3, 0.4) is 0 Å². The zero-order valence-corrected chi connectivity index (χ0v) is 15.4. The van der Waals surface area contributed by atoms with Crippen LogP contribution in [0.1, 0.15) is 62.5 Å². The van der Waals surface area contributed by atoms with Crippen molar-refractivity contribution in [3.63, 3.8) is 0 Å². The Morgan fingerprint density at radius 1 is 0.731 bits per heavy atom. The molecule has 0 unspecified atom stereocenters. The normalized spacial score (nSPS) is 18.9. The summed E-state index contributed by atoms with van der Waals surface area (Å²) >= 11 is 0. The summed E-state index contributed by atoms with van der Waals surface area (Å²) in [6, 6.07) is 8.72. The zero-order valence-electron chi connectivity index (χ0n) is 15.4. The average molecular weight is 354 g/mol. The fraction of sp³-hybridized carbons (Fsp3) is 0.545. The van der Waals surface area contributed by atoms with Crippen molar-refractivity contribution < 1.29 is 10.2 Å². The van der Waals surface area contributed by atoms with Gasteiger partial charge in [0.1, 0.15) is 11.5 Å². The van der Waals surface area contributed by atoms with E-state index in [0.29, 0.717) is 36.7 Å². The van der Waals surface area contributed by atoms with Gasteiger partial charge in [-0.1, -0.05) is 37.8 Å². The minimum atomic E-state index is 0.305. The van der Waals surface area contributed by atoms with Gasteiger partial charge in [-0.25, -0.2) is 0 Å². The molecule has 0 saturated heterocycles. The van der Waals surface area contributed by atoms with E-state index < -0.39 is 0 Å². The molecule has 0 amide bonds. The second-order valence-electron chi connectivity index (χ2n) is 7.96. The van der Waals surface area contributed by atoms with E-state index in [1.54, 1.807) is 6.07 Å². The highest BCUT2D eigenvalue weighted by atomic mass is 16.3. The van der Waals surface area contributed by atoms with Gasteiger partial charge in [0.25, 0.3) is 0 Å². The van der Waals surface area contributed by atoms with Gasteiger partial charge in [-0.15, -0.1) is 0 Å². The monoisotopic (exact) mass is 354 g/mol. The van der Waals surface area contributed by atoms with Gasteiger partial charge in [-0.3, -0.25) is 0 Å². The lowest BCUT2D eigenvalue weighted by atomic mass is 9.99. The van der Waals surface area contributed by atoms with E-state index in [1.807, 2.05) is 18.2 Å². The van der Waals surface area contributed by atoms with Gasteiger partial charge in [0.05, 0.1) is 0 Å². The lowest BCUT2D eigenvalue weighted by molar-refractivity contribution is 0.456. The van der Waals surface area contributed by atoms with Gasteiger partial charge in [0.2, 0.25) is 0 Å². The summed E-state index contributed by atoms with van der Waals surface area (Å²) in [5, 5.41) is 30.0. The highest BCUT2D eigenvalue weighted by Gasteiger charge is 2.18. The van der Waals surface area contributed by atoms with Crippen molar-refractivity contribution in [2.24, 2.45) is 0 Å². The minimum absolute atomic E-state index is 0.305. The van der Waals surface area contributed by atoms with Crippen molar-refractivity contribution in [1.29, 1.82) is 0 Å². The largest absolute Gasteiger partial charge is 0.508 e. The molecule has 0 atom stereocenters. The smallest absolute Gasteiger partial charge is 0.127 e. The molecule has 2 fully saturated rings. The van der Waals surface area contributed by atoms with Crippen LogP contribution in [-0.2, 0) is 13.1 Å². The Morgan fingerprint density at radius 2 is 1.31 bits per heavy atom. The maximum Gasteiger partial charge on any atom is 0.127 e. The molecule has 4 nitrogen and oxygen atoms in total. The van der Waals surface area contributed by atoms with Gasteiger partial charge >= 0.3 is 0 Å². The van der Waals surface area contributed by atoms with Crippen LogP contribution in [-0.4, -0.2) is 22.3 Å². The summed E-state index contributed by atoms with van der Waals surface area (Å²) in [4.78, 5) is 0. The van der Waals surface area contributed by atoms with Gasteiger partial charge in [-0.05, 0) is 43.2 Å². The van der Waals surface area contributed by atoms with Crippen molar-refractivity contribution >= 4 is 10.8 Å². The van der Waals surface area contributed by atoms with Gasteiger partial charge < -0.3 is 20.8 Å². The molecule has 140 valence electrons. The molecule has 0 aromatic heterocycles. The number of phenolic OH excluding ortho intramolecular Hbond substituents is 2. The van der Waals surface area contributed by atoms with Gasteiger partial charge in [0, 0.05) is 41.7 Å². The molecular weight excluding hydrogens is 324 g/mol. The maximum absolute atomic E-state index is 10.8. The minimum Gasteiger partial charge on any atom is -0.508 e. The molecule has 0 spiro atoms. The number of phenols is 2. The molecule has 2 aromatic rings. The number of hydrogen-bond donors (Lipinski definition) is 4. The number of rotatable bonds is 6. The van der Waals surface area contributed by atoms with Crippen molar-refractivity contribution in [2.75, 3.05) is 0 Å². The van der Waals surface area contributed by atoms with E-state index in [1.165, 1.54) is 51.4 Å². The first-order valence-corrected chi connectivity index (χ1v) is 10.1. The van der Waals surface area contributed by atoms with Crippen LogP contribution < -0.4 is 10.6 Å². The number of benzene rings is 2. The van der Waals surface area contributed by atoms with Gasteiger partial charge in [-0.2, -0.15) is 0 Å². The van der Waals surface area contributed by atoms with Crippen LogP contribution in [0.4, 0.5) is 0 Å². The summed E-state index contributed by atoms with van der Waals surface area (Å²) in [5.41, 5.74) is 1.82. The van der Waals surface area contributed by atoms with E-state index in [4.69, 9.17) is 0 Å². The summed E-state index contributed by atoms with van der Waals surface area (Å²) in [5.74, 6) is 0.648. The molecule has 2 aliphatic carbocycles. The lowest BCUT2D eigenvalue weighted by Gasteiger charge is -2.17. The molecule has 0 bridgehead atoms. The van der Waals surface area contributed by atoms with Gasteiger partial charge in [0.15, 0.2) is 0 Å². The molecule has 0 heterocycles. The number of aromatic hydroxyl groups is 2. The van der Waals surface area contributed by atoms with E-state index in [-0.39, 0.29) is 0 Å².